The Morgan fingerprint density at radius 2 is 2.20 bits per heavy atom. The van der Waals surface area contributed by atoms with Gasteiger partial charge in [0, 0.05) is 0 Å². The summed E-state index contributed by atoms with van der Waals surface area (Å²) in [5, 5.41) is 22.1. The first kappa shape index (κ1) is 15.7. The average molecular weight is 373 g/mol. The maximum atomic E-state index is 12.9. The van der Waals surface area contributed by atoms with Gasteiger partial charge in [-0.15, -0.1) is 10.2 Å². The third-order valence-corrected chi connectivity index (χ3v) is 5.22. The lowest BCUT2D eigenvalue weighted by Crippen LogP contribution is -2.30. The molecule has 0 aromatic carbocycles. The first-order valence-electron chi connectivity index (χ1n) is 7.24. The smallest absolute Gasteiger partial charge is 0.296 e. The zero-order valence-corrected chi connectivity index (χ0v) is 14.5. The van der Waals surface area contributed by atoms with Crippen molar-refractivity contribution in [2.75, 3.05) is 4.90 Å². The number of hydrogen-bond donors (Lipinski definition) is 1. The van der Waals surface area contributed by atoms with Crippen LogP contribution in [0.2, 0.25) is 0 Å². The summed E-state index contributed by atoms with van der Waals surface area (Å²) in [6.07, 6.45) is 0. The predicted molar refractivity (Wildman–Crippen MR) is 91.9 cm³/mol. The van der Waals surface area contributed by atoms with Crippen LogP contribution in [0.3, 0.4) is 0 Å². The molecule has 0 saturated carbocycles. The number of hydrogen-bond acceptors (Lipinski definition) is 8. The van der Waals surface area contributed by atoms with Gasteiger partial charge in [-0.1, -0.05) is 11.3 Å². The first-order chi connectivity index (χ1) is 12.1. The Morgan fingerprint density at radius 3 is 2.80 bits per heavy atom. The van der Waals surface area contributed by atoms with Gasteiger partial charge in [-0.25, -0.2) is 0 Å². The van der Waals surface area contributed by atoms with E-state index in [9.17, 15) is 14.7 Å². The van der Waals surface area contributed by atoms with Crippen LogP contribution in [-0.2, 0) is 4.79 Å². The van der Waals surface area contributed by atoms with Gasteiger partial charge >= 0.3 is 0 Å². The van der Waals surface area contributed by atoms with Crippen molar-refractivity contribution in [1.82, 2.24) is 10.2 Å². The monoisotopic (exact) mass is 373 g/mol. The molecule has 0 spiro atoms. The number of Topliss-reactive ketones (excluding diaryl/α,β-unsaturated/α-hetero) is 1. The van der Waals surface area contributed by atoms with Crippen LogP contribution < -0.4 is 4.90 Å². The van der Waals surface area contributed by atoms with E-state index in [4.69, 9.17) is 4.42 Å². The van der Waals surface area contributed by atoms with Gasteiger partial charge in [0.1, 0.15) is 11.3 Å². The Kier molecular flexibility index (Phi) is 3.74. The Morgan fingerprint density at radius 1 is 1.36 bits per heavy atom. The van der Waals surface area contributed by atoms with E-state index in [0.717, 1.165) is 11.3 Å². The van der Waals surface area contributed by atoms with Crippen molar-refractivity contribution in [2.45, 2.75) is 13.0 Å². The number of carbonyl (C=O) groups is 2. The maximum absolute atomic E-state index is 12.9. The second kappa shape index (κ2) is 5.94. The molecule has 3 aromatic rings. The van der Waals surface area contributed by atoms with Crippen LogP contribution in [0, 0.1) is 6.92 Å². The summed E-state index contributed by atoms with van der Waals surface area (Å²) in [7, 11) is 0. The summed E-state index contributed by atoms with van der Waals surface area (Å²) in [6.45, 7) is 1.72. The van der Waals surface area contributed by atoms with E-state index in [1.54, 1.807) is 19.1 Å². The molecule has 4 rings (SSSR count). The van der Waals surface area contributed by atoms with Crippen molar-refractivity contribution in [1.29, 1.82) is 0 Å². The van der Waals surface area contributed by atoms with Crippen LogP contribution in [-0.4, -0.2) is 27.0 Å². The molecule has 0 radical (unpaired) electrons. The molecule has 0 fully saturated rings. The van der Waals surface area contributed by atoms with Crippen LogP contribution in [0.5, 0.6) is 0 Å². The van der Waals surface area contributed by atoms with Gasteiger partial charge in [0.05, 0.1) is 11.6 Å². The van der Waals surface area contributed by atoms with Crippen LogP contribution in [0.25, 0.3) is 0 Å². The highest BCUT2D eigenvalue weighted by Crippen LogP contribution is 2.42. The van der Waals surface area contributed by atoms with E-state index in [0.29, 0.717) is 16.5 Å². The summed E-state index contributed by atoms with van der Waals surface area (Å²) in [6, 6.07) is 4.21. The molecule has 1 aliphatic heterocycles. The molecule has 1 atom stereocenters. The van der Waals surface area contributed by atoms with Crippen LogP contribution in [0.4, 0.5) is 5.13 Å². The van der Waals surface area contributed by atoms with Crippen molar-refractivity contribution >= 4 is 39.5 Å². The molecule has 4 heterocycles. The molecule has 9 heteroatoms. The number of amides is 1. The Bertz CT molecular complexity index is 973. The summed E-state index contributed by atoms with van der Waals surface area (Å²) in [5.74, 6) is -1.15. The second-order valence-corrected chi connectivity index (χ2v) is 6.95. The van der Waals surface area contributed by atoms with Crippen molar-refractivity contribution in [3.63, 3.8) is 0 Å². The maximum Gasteiger partial charge on any atom is 0.296 e. The fourth-order valence-corrected chi connectivity index (χ4v) is 4.01. The lowest BCUT2D eigenvalue weighted by atomic mass is 9.97. The molecule has 0 aliphatic carbocycles. The van der Waals surface area contributed by atoms with Gasteiger partial charge in [-0.3, -0.25) is 14.5 Å². The SMILES string of the molecule is Cc1ccc(C(=O)C2=C(O)C(=O)N(c3nncs3)C2c2ccsc2)o1. The number of carbonyl (C=O) groups excluding carboxylic acids is 2. The number of anilines is 1. The summed E-state index contributed by atoms with van der Waals surface area (Å²) in [5.41, 5.74) is 2.18. The van der Waals surface area contributed by atoms with Crippen LogP contribution >= 0.6 is 22.7 Å². The van der Waals surface area contributed by atoms with E-state index in [2.05, 4.69) is 10.2 Å². The lowest BCUT2D eigenvalue weighted by Gasteiger charge is -2.22. The number of rotatable bonds is 4. The van der Waals surface area contributed by atoms with E-state index >= 15 is 0 Å². The molecule has 1 aliphatic rings. The number of furan rings is 1. The summed E-state index contributed by atoms with van der Waals surface area (Å²) >= 11 is 2.59. The highest BCUT2D eigenvalue weighted by atomic mass is 32.1. The van der Waals surface area contributed by atoms with Crippen molar-refractivity contribution in [3.05, 3.63) is 62.9 Å². The molecule has 3 aromatic heterocycles. The van der Waals surface area contributed by atoms with E-state index < -0.39 is 23.5 Å². The third-order valence-electron chi connectivity index (χ3n) is 3.83. The van der Waals surface area contributed by atoms with E-state index in [1.807, 2.05) is 10.8 Å². The zero-order valence-electron chi connectivity index (χ0n) is 12.9. The van der Waals surface area contributed by atoms with Gasteiger partial charge in [0.25, 0.3) is 5.91 Å². The fourth-order valence-electron chi connectivity index (χ4n) is 2.74. The Hall–Kier alpha value is -2.78. The van der Waals surface area contributed by atoms with Crippen LogP contribution in [0.15, 0.2) is 50.2 Å². The molecular formula is C16H11N3O4S2. The highest BCUT2D eigenvalue weighted by Gasteiger charge is 2.46. The van der Waals surface area contributed by atoms with Gasteiger partial charge < -0.3 is 9.52 Å². The van der Waals surface area contributed by atoms with E-state index in [-0.39, 0.29) is 11.3 Å². The van der Waals surface area contributed by atoms with Crippen molar-refractivity contribution in [2.24, 2.45) is 0 Å². The quantitative estimate of drug-likeness (QED) is 0.705. The normalized spacial score (nSPS) is 17.6. The van der Waals surface area contributed by atoms with E-state index in [1.165, 1.54) is 27.8 Å². The number of ketones is 1. The summed E-state index contributed by atoms with van der Waals surface area (Å²) < 4.78 is 5.39. The fraction of sp³-hybridized carbons (Fsp3) is 0.125. The molecule has 1 N–H and O–H groups in total. The molecule has 1 unspecified atom stereocenters. The Balaban J connectivity index is 1.85. The number of aliphatic hydroxyl groups is 1. The average Bonchev–Trinajstić information content (AvgIpc) is 3.36. The minimum absolute atomic E-state index is 0.0204. The number of thiophene rings is 1. The number of aliphatic hydroxyl groups excluding tert-OH is 1. The van der Waals surface area contributed by atoms with Crippen molar-refractivity contribution < 1.29 is 19.1 Å². The zero-order chi connectivity index (χ0) is 17.6. The number of nitrogens with zero attached hydrogens (tertiary/aromatic N) is 3. The van der Waals surface area contributed by atoms with Gasteiger partial charge in [0.2, 0.25) is 10.9 Å². The summed E-state index contributed by atoms with van der Waals surface area (Å²) in [4.78, 5) is 26.8. The molecule has 25 heavy (non-hydrogen) atoms. The van der Waals surface area contributed by atoms with Gasteiger partial charge in [-0.2, -0.15) is 11.3 Å². The standard InChI is InChI=1S/C16H11N3O4S2/c1-8-2-3-10(23-8)13(20)11-12(9-4-5-24-6-9)19(15(22)14(11)21)16-18-17-7-25-16/h2-7,12,21H,1H3. The van der Waals surface area contributed by atoms with Crippen molar-refractivity contribution in [3.8, 4) is 0 Å². The third kappa shape index (κ3) is 2.48. The molecule has 7 nitrogen and oxygen atoms in total. The number of aryl methyl sites for hydroxylation is 1. The minimum atomic E-state index is -0.774. The largest absolute Gasteiger partial charge is 0.503 e. The first-order valence-corrected chi connectivity index (χ1v) is 9.06. The lowest BCUT2D eigenvalue weighted by molar-refractivity contribution is -0.117. The minimum Gasteiger partial charge on any atom is -0.503 e. The molecule has 1 amide bonds. The highest BCUT2D eigenvalue weighted by molar-refractivity contribution is 7.13. The number of aromatic nitrogens is 2. The van der Waals surface area contributed by atoms with Gasteiger partial charge in [0.15, 0.2) is 11.5 Å². The molecule has 0 saturated heterocycles. The predicted octanol–water partition coefficient (Wildman–Crippen LogP) is 3.28. The van der Waals surface area contributed by atoms with Crippen LogP contribution in [0.1, 0.15) is 27.9 Å². The Labute approximate surface area is 149 Å². The second-order valence-electron chi connectivity index (χ2n) is 5.36. The van der Waals surface area contributed by atoms with Gasteiger partial charge in [-0.05, 0) is 41.4 Å². The topological polar surface area (TPSA) is 96.5 Å². The molecule has 0 bridgehead atoms. The molecular weight excluding hydrogens is 362 g/mol. The molecule has 126 valence electrons.